The molecule has 5 heteroatoms. The summed E-state index contributed by atoms with van der Waals surface area (Å²) >= 11 is 1.82. The van der Waals surface area contributed by atoms with E-state index < -0.39 is 0 Å². The van der Waals surface area contributed by atoms with Gasteiger partial charge in [0, 0.05) is 55.6 Å². The molecular weight excluding hydrogens is 378 g/mol. The first-order chi connectivity index (χ1) is 14.2. The number of benzene rings is 2. The van der Waals surface area contributed by atoms with Crippen LogP contribution in [-0.4, -0.2) is 67.7 Å². The monoisotopic (exact) mass is 407 g/mol. The zero-order valence-electron chi connectivity index (χ0n) is 17.0. The molecule has 2 aliphatic heterocycles. The van der Waals surface area contributed by atoms with Crippen LogP contribution in [0.5, 0.6) is 0 Å². The van der Waals surface area contributed by atoms with Crippen molar-refractivity contribution in [3.8, 4) is 0 Å². The van der Waals surface area contributed by atoms with E-state index in [2.05, 4.69) is 76.4 Å². The highest BCUT2D eigenvalue weighted by molar-refractivity contribution is 8.03. The number of thioether (sulfide) groups is 1. The first-order valence-electron chi connectivity index (χ1n) is 10.3. The Morgan fingerprint density at radius 3 is 2.45 bits per heavy atom. The number of carbonyl (C=O) groups excluding carboxylic acids is 1. The fourth-order valence-corrected chi connectivity index (χ4v) is 5.21. The van der Waals surface area contributed by atoms with Gasteiger partial charge in [0.15, 0.2) is 0 Å². The molecule has 0 radical (unpaired) electrons. The lowest BCUT2D eigenvalue weighted by molar-refractivity contribution is -0.111. The zero-order valence-corrected chi connectivity index (χ0v) is 17.9. The number of likely N-dealkylation sites (N-methyl/N-ethyl adjacent to an activating group) is 1. The number of nitrogens with zero attached hydrogens (tertiary/aromatic N) is 3. The highest BCUT2D eigenvalue weighted by Crippen LogP contribution is 2.33. The summed E-state index contributed by atoms with van der Waals surface area (Å²) in [5.74, 6) is 1.01. The van der Waals surface area contributed by atoms with E-state index in [0.29, 0.717) is 0 Å². The third-order valence-electron chi connectivity index (χ3n) is 5.77. The molecule has 2 aromatic carbocycles. The average Bonchev–Trinajstić information content (AvgIpc) is 2.76. The number of carbonyl (C=O) groups is 1. The van der Waals surface area contributed by atoms with Crippen LogP contribution in [0.25, 0.3) is 6.08 Å². The van der Waals surface area contributed by atoms with E-state index in [1.54, 1.807) is 0 Å². The summed E-state index contributed by atoms with van der Waals surface area (Å²) < 4.78 is 0. The maximum Gasteiger partial charge on any atom is 0.142 e. The van der Waals surface area contributed by atoms with Crippen molar-refractivity contribution >= 4 is 29.8 Å². The molecule has 0 spiro atoms. The quantitative estimate of drug-likeness (QED) is 0.706. The van der Waals surface area contributed by atoms with Crippen LogP contribution in [0.2, 0.25) is 0 Å². The molecule has 0 N–H and O–H groups in total. The van der Waals surface area contributed by atoms with Crippen LogP contribution < -0.4 is 4.90 Å². The van der Waals surface area contributed by atoms with E-state index in [9.17, 15) is 4.79 Å². The predicted octanol–water partition coefficient (Wildman–Crippen LogP) is 3.60. The lowest BCUT2D eigenvalue weighted by Crippen LogP contribution is -2.44. The summed E-state index contributed by atoms with van der Waals surface area (Å²) in [5, 5.41) is 0. The van der Waals surface area contributed by atoms with Crippen molar-refractivity contribution in [1.82, 2.24) is 9.80 Å². The van der Waals surface area contributed by atoms with Gasteiger partial charge in [-0.05, 0) is 30.3 Å². The Morgan fingerprint density at radius 1 is 0.966 bits per heavy atom. The van der Waals surface area contributed by atoms with Gasteiger partial charge in [0.25, 0.3) is 0 Å². The minimum Gasteiger partial charge on any atom is -0.368 e. The van der Waals surface area contributed by atoms with Gasteiger partial charge < -0.3 is 14.6 Å². The Morgan fingerprint density at radius 2 is 1.69 bits per heavy atom. The molecule has 0 bridgehead atoms. The Balaban J connectivity index is 1.57. The van der Waals surface area contributed by atoms with Crippen molar-refractivity contribution in [3.05, 3.63) is 70.6 Å². The van der Waals surface area contributed by atoms with E-state index in [0.717, 1.165) is 56.2 Å². The van der Waals surface area contributed by atoms with Crippen molar-refractivity contribution in [1.29, 1.82) is 0 Å². The highest BCUT2D eigenvalue weighted by atomic mass is 32.2. The zero-order chi connectivity index (χ0) is 20.1. The maximum atomic E-state index is 12.1. The Hall–Kier alpha value is -2.08. The van der Waals surface area contributed by atoms with E-state index in [-0.39, 0.29) is 6.04 Å². The lowest BCUT2D eigenvalue weighted by Gasteiger charge is -2.36. The molecule has 0 saturated carbocycles. The minimum absolute atomic E-state index is 0.172. The first-order valence-corrected chi connectivity index (χ1v) is 11.3. The molecule has 1 atom stereocenters. The van der Waals surface area contributed by atoms with Crippen LogP contribution in [0.1, 0.15) is 11.1 Å². The van der Waals surface area contributed by atoms with Crippen molar-refractivity contribution in [2.45, 2.75) is 12.6 Å². The van der Waals surface area contributed by atoms with Crippen molar-refractivity contribution in [2.75, 3.05) is 50.4 Å². The minimum atomic E-state index is -0.172. The van der Waals surface area contributed by atoms with Gasteiger partial charge >= 0.3 is 0 Å². The summed E-state index contributed by atoms with van der Waals surface area (Å²) in [6, 6.07) is 18.9. The topological polar surface area (TPSA) is 26.8 Å². The summed E-state index contributed by atoms with van der Waals surface area (Å²) in [4.78, 5) is 20.4. The Bertz CT molecular complexity index is 846. The van der Waals surface area contributed by atoms with Gasteiger partial charge in [-0.2, -0.15) is 0 Å². The third kappa shape index (κ3) is 4.92. The molecule has 4 nitrogen and oxygen atoms in total. The number of piperazine rings is 1. The van der Waals surface area contributed by atoms with Crippen LogP contribution in [0.15, 0.2) is 59.5 Å². The van der Waals surface area contributed by atoms with Gasteiger partial charge in [0.05, 0.1) is 6.04 Å². The van der Waals surface area contributed by atoms with E-state index in [1.165, 1.54) is 16.8 Å². The van der Waals surface area contributed by atoms with Crippen LogP contribution in [0, 0.1) is 0 Å². The number of anilines is 1. The molecule has 1 unspecified atom stereocenters. The molecule has 0 amide bonds. The van der Waals surface area contributed by atoms with Crippen molar-refractivity contribution in [2.24, 2.45) is 0 Å². The summed E-state index contributed by atoms with van der Waals surface area (Å²) in [6.45, 7) is 5.99. The van der Waals surface area contributed by atoms with Gasteiger partial charge in [-0.15, -0.1) is 11.8 Å². The van der Waals surface area contributed by atoms with Crippen LogP contribution in [0.3, 0.4) is 0 Å². The fourth-order valence-electron chi connectivity index (χ4n) is 4.06. The number of hydrogen-bond acceptors (Lipinski definition) is 5. The van der Waals surface area contributed by atoms with Crippen LogP contribution in [0.4, 0.5) is 5.69 Å². The molecule has 2 aromatic rings. The second kappa shape index (κ2) is 9.61. The van der Waals surface area contributed by atoms with Crippen LogP contribution in [-0.2, 0) is 11.3 Å². The average molecular weight is 408 g/mol. The molecular formula is C24H29N3OS. The Kier molecular flexibility index (Phi) is 6.70. The van der Waals surface area contributed by atoms with E-state index in [4.69, 9.17) is 0 Å². The van der Waals surface area contributed by atoms with Gasteiger partial charge in [0.1, 0.15) is 6.29 Å². The molecule has 152 valence electrons. The number of hydrogen-bond donors (Lipinski definition) is 0. The summed E-state index contributed by atoms with van der Waals surface area (Å²) in [5.41, 5.74) is 3.75. The molecule has 0 aromatic heterocycles. The maximum absolute atomic E-state index is 12.1. The largest absolute Gasteiger partial charge is 0.368 e. The first kappa shape index (κ1) is 20.2. The second-order valence-electron chi connectivity index (χ2n) is 7.78. The number of rotatable bonds is 5. The molecule has 2 heterocycles. The molecule has 0 aliphatic carbocycles. The molecule has 2 aliphatic rings. The predicted molar refractivity (Wildman–Crippen MR) is 123 cm³/mol. The summed E-state index contributed by atoms with van der Waals surface area (Å²) in [7, 11) is 2.18. The van der Waals surface area contributed by atoms with Gasteiger partial charge in [-0.3, -0.25) is 4.90 Å². The normalized spacial score (nSPS) is 22.7. The smallest absolute Gasteiger partial charge is 0.142 e. The standard InChI is InChI=1S/C24H29N3OS/c1-25-11-13-26(14-12-25)22-10-6-5-9-21(22)17-24-23(19-28)27(15-16-29-24)18-20-7-3-2-4-8-20/h2-10,17,19,23H,11-16,18H2,1H3. The van der Waals surface area contributed by atoms with Gasteiger partial charge in [-0.1, -0.05) is 48.5 Å². The molecule has 2 saturated heterocycles. The fraction of sp³-hybridized carbons (Fsp3) is 0.375. The third-order valence-corrected chi connectivity index (χ3v) is 6.85. The SMILES string of the molecule is CN1CCN(c2ccccc2C=C2SCCN(Cc3ccccc3)C2C=O)CC1. The highest BCUT2D eigenvalue weighted by Gasteiger charge is 2.27. The summed E-state index contributed by atoms with van der Waals surface area (Å²) in [6.07, 6.45) is 3.36. The van der Waals surface area contributed by atoms with Crippen molar-refractivity contribution in [3.63, 3.8) is 0 Å². The van der Waals surface area contributed by atoms with Gasteiger partial charge in [0.2, 0.25) is 0 Å². The van der Waals surface area contributed by atoms with E-state index >= 15 is 0 Å². The molecule has 4 rings (SSSR count). The van der Waals surface area contributed by atoms with Crippen LogP contribution >= 0.6 is 11.8 Å². The van der Waals surface area contributed by atoms with E-state index in [1.807, 2.05) is 17.8 Å². The lowest BCUT2D eigenvalue weighted by atomic mass is 10.1. The molecule has 29 heavy (non-hydrogen) atoms. The number of para-hydroxylation sites is 1. The van der Waals surface area contributed by atoms with Gasteiger partial charge in [-0.25, -0.2) is 0 Å². The molecule has 2 fully saturated rings. The Labute approximate surface area is 178 Å². The second-order valence-corrected chi connectivity index (χ2v) is 8.95. The van der Waals surface area contributed by atoms with Crippen molar-refractivity contribution < 1.29 is 4.79 Å². The number of aldehydes is 1.